The van der Waals surface area contributed by atoms with Crippen LogP contribution in [-0.4, -0.2) is 39.5 Å². The monoisotopic (exact) mass is 497 g/mol. The van der Waals surface area contributed by atoms with Crippen LogP contribution in [0.3, 0.4) is 0 Å². The van der Waals surface area contributed by atoms with Gasteiger partial charge in [-0.15, -0.1) is 0 Å². The Morgan fingerprint density at radius 2 is 1.79 bits per heavy atom. The minimum absolute atomic E-state index is 0.0237. The molecule has 1 N–H and O–H groups in total. The Labute approximate surface area is 202 Å². The van der Waals surface area contributed by atoms with Crippen molar-refractivity contribution in [2.75, 3.05) is 30.4 Å². The molecule has 10 heteroatoms. The van der Waals surface area contributed by atoms with E-state index in [4.69, 9.17) is 9.47 Å². The molecule has 1 aromatic heterocycles. The molecule has 0 bridgehead atoms. The molecule has 176 valence electrons. The minimum atomic E-state index is -4.15. The van der Waals surface area contributed by atoms with Crippen molar-refractivity contribution in [1.82, 2.24) is 4.37 Å². The number of anilines is 2. The molecule has 0 radical (unpaired) electrons. The average Bonchev–Trinajstić information content (AvgIpc) is 3.30. The largest absolute Gasteiger partial charge is 0.497 e. The van der Waals surface area contributed by atoms with E-state index in [-0.39, 0.29) is 10.6 Å². The summed E-state index contributed by atoms with van der Waals surface area (Å²) in [5, 5.41) is 3.68. The van der Waals surface area contributed by atoms with Crippen LogP contribution in [0.1, 0.15) is 5.56 Å². The van der Waals surface area contributed by atoms with E-state index in [0.29, 0.717) is 17.1 Å². The van der Waals surface area contributed by atoms with Gasteiger partial charge in [-0.1, -0.05) is 6.07 Å². The fourth-order valence-electron chi connectivity index (χ4n) is 3.45. The molecule has 3 aromatic carbocycles. The predicted octanol–water partition coefficient (Wildman–Crippen LogP) is 4.46. The Kier molecular flexibility index (Phi) is 6.71. The fraction of sp³-hybridized carbons (Fsp3) is 0.167. The maximum atomic E-state index is 13.8. The van der Waals surface area contributed by atoms with Gasteiger partial charge in [-0.25, -0.2) is 8.42 Å². The van der Waals surface area contributed by atoms with E-state index in [2.05, 4.69) is 9.69 Å². The SMILES string of the molecule is COc1ccc(N(CC(=O)Nc2ccc3sncc3c2)S(=O)(=O)c2cc(C)ccc2OC)cc1. The van der Waals surface area contributed by atoms with Crippen LogP contribution in [0.2, 0.25) is 0 Å². The summed E-state index contributed by atoms with van der Waals surface area (Å²) in [7, 11) is -1.23. The summed E-state index contributed by atoms with van der Waals surface area (Å²) < 4.78 is 44.2. The van der Waals surface area contributed by atoms with Crippen molar-refractivity contribution in [3.05, 3.63) is 72.4 Å². The maximum Gasteiger partial charge on any atom is 0.268 e. The lowest BCUT2D eigenvalue weighted by atomic mass is 10.2. The third-order valence-electron chi connectivity index (χ3n) is 5.17. The summed E-state index contributed by atoms with van der Waals surface area (Å²) in [6.45, 7) is 1.35. The number of methoxy groups -OCH3 is 2. The summed E-state index contributed by atoms with van der Waals surface area (Å²) in [4.78, 5) is 13.0. The Balaban J connectivity index is 1.70. The van der Waals surface area contributed by atoms with Crippen molar-refractivity contribution < 1.29 is 22.7 Å². The second-order valence-electron chi connectivity index (χ2n) is 7.49. The lowest BCUT2D eigenvalue weighted by Gasteiger charge is -2.25. The van der Waals surface area contributed by atoms with Crippen LogP contribution in [0, 0.1) is 6.92 Å². The molecule has 0 fully saturated rings. The number of rotatable bonds is 8. The molecule has 34 heavy (non-hydrogen) atoms. The van der Waals surface area contributed by atoms with E-state index < -0.39 is 22.5 Å². The van der Waals surface area contributed by atoms with Crippen molar-refractivity contribution >= 4 is 48.9 Å². The maximum absolute atomic E-state index is 13.8. The summed E-state index contributed by atoms with van der Waals surface area (Å²) in [5.41, 5.74) is 1.62. The molecule has 1 heterocycles. The highest BCUT2D eigenvalue weighted by atomic mass is 32.2. The van der Waals surface area contributed by atoms with E-state index in [9.17, 15) is 13.2 Å². The van der Waals surface area contributed by atoms with Gasteiger partial charge < -0.3 is 14.8 Å². The van der Waals surface area contributed by atoms with Crippen molar-refractivity contribution in [2.45, 2.75) is 11.8 Å². The molecule has 4 aromatic rings. The van der Waals surface area contributed by atoms with Crippen LogP contribution >= 0.6 is 11.5 Å². The number of carbonyl (C=O) groups is 1. The Bertz CT molecular complexity index is 1430. The molecule has 1 amide bonds. The lowest BCUT2D eigenvalue weighted by molar-refractivity contribution is -0.114. The molecule has 0 spiro atoms. The summed E-state index contributed by atoms with van der Waals surface area (Å²) in [6, 6.07) is 16.8. The van der Waals surface area contributed by atoms with E-state index in [1.54, 1.807) is 61.7 Å². The number of nitrogens with zero attached hydrogens (tertiary/aromatic N) is 2. The number of hydrogen-bond donors (Lipinski definition) is 1. The third-order valence-corrected chi connectivity index (χ3v) is 7.75. The second kappa shape index (κ2) is 9.70. The van der Waals surface area contributed by atoms with Crippen LogP contribution in [0.4, 0.5) is 11.4 Å². The normalized spacial score (nSPS) is 11.3. The first-order valence-electron chi connectivity index (χ1n) is 10.3. The number of aryl methyl sites for hydroxylation is 1. The van der Waals surface area contributed by atoms with Crippen molar-refractivity contribution in [1.29, 1.82) is 0 Å². The number of benzene rings is 3. The first kappa shape index (κ1) is 23.5. The van der Waals surface area contributed by atoms with Crippen LogP contribution in [0.15, 0.2) is 71.8 Å². The number of ether oxygens (including phenoxy) is 2. The van der Waals surface area contributed by atoms with Crippen molar-refractivity contribution in [3.63, 3.8) is 0 Å². The molecule has 0 aliphatic carbocycles. The second-order valence-corrected chi connectivity index (χ2v) is 10.2. The number of amides is 1. The first-order valence-corrected chi connectivity index (χ1v) is 12.5. The number of sulfonamides is 1. The highest BCUT2D eigenvalue weighted by molar-refractivity contribution is 7.93. The highest BCUT2D eigenvalue weighted by Crippen LogP contribution is 2.32. The molecular formula is C24H23N3O5S2. The molecule has 0 aliphatic heterocycles. The fourth-order valence-corrected chi connectivity index (χ4v) is 5.74. The Morgan fingerprint density at radius 1 is 1.03 bits per heavy atom. The molecule has 0 saturated heterocycles. The van der Waals surface area contributed by atoms with Crippen molar-refractivity contribution in [3.8, 4) is 11.5 Å². The lowest BCUT2D eigenvalue weighted by Crippen LogP contribution is -2.38. The van der Waals surface area contributed by atoms with E-state index in [0.717, 1.165) is 20.0 Å². The molecule has 4 rings (SSSR count). The summed E-state index contributed by atoms with van der Waals surface area (Å²) >= 11 is 1.36. The molecule has 8 nitrogen and oxygen atoms in total. The number of fused-ring (bicyclic) bond motifs is 1. The van der Waals surface area contributed by atoms with E-state index >= 15 is 0 Å². The van der Waals surface area contributed by atoms with Gasteiger partial charge in [0, 0.05) is 17.3 Å². The summed E-state index contributed by atoms with van der Waals surface area (Å²) in [5.74, 6) is 0.268. The summed E-state index contributed by atoms with van der Waals surface area (Å²) in [6.07, 6.45) is 1.72. The minimum Gasteiger partial charge on any atom is -0.497 e. The zero-order valence-corrected chi connectivity index (χ0v) is 20.4. The van der Waals surface area contributed by atoms with Gasteiger partial charge in [0.1, 0.15) is 22.9 Å². The highest BCUT2D eigenvalue weighted by Gasteiger charge is 2.30. The number of carbonyl (C=O) groups excluding carboxylic acids is 1. The van der Waals surface area contributed by atoms with Gasteiger partial charge in [0.25, 0.3) is 10.0 Å². The van der Waals surface area contributed by atoms with E-state index in [1.807, 2.05) is 6.07 Å². The van der Waals surface area contributed by atoms with Crippen LogP contribution in [-0.2, 0) is 14.8 Å². The average molecular weight is 498 g/mol. The molecule has 0 aliphatic rings. The molecule has 0 atom stereocenters. The smallest absolute Gasteiger partial charge is 0.268 e. The number of aromatic nitrogens is 1. The molecule has 0 saturated carbocycles. The number of nitrogens with one attached hydrogen (secondary N) is 1. The van der Waals surface area contributed by atoms with Gasteiger partial charge in [-0.2, -0.15) is 4.37 Å². The zero-order chi connectivity index (χ0) is 24.3. The molecular weight excluding hydrogens is 474 g/mol. The first-order chi connectivity index (χ1) is 16.3. The van der Waals surface area contributed by atoms with Gasteiger partial charge in [-0.05, 0) is 78.6 Å². The van der Waals surface area contributed by atoms with Crippen LogP contribution in [0.5, 0.6) is 11.5 Å². The Morgan fingerprint density at radius 3 is 2.50 bits per heavy atom. The zero-order valence-electron chi connectivity index (χ0n) is 18.8. The van der Waals surface area contributed by atoms with Crippen LogP contribution < -0.4 is 19.1 Å². The standard InChI is InChI=1S/C24H23N3O5S2/c1-16-4-10-21(32-3)23(12-16)34(29,30)27(19-6-8-20(31-2)9-7-19)15-24(28)26-18-5-11-22-17(13-18)14-25-33-22/h4-14H,15H2,1-3H3,(H,26,28). The van der Waals surface area contributed by atoms with Gasteiger partial charge in [-0.3, -0.25) is 9.10 Å². The third kappa shape index (κ3) is 4.82. The van der Waals surface area contributed by atoms with Gasteiger partial charge >= 0.3 is 0 Å². The molecule has 0 unspecified atom stereocenters. The predicted molar refractivity (Wildman–Crippen MR) is 134 cm³/mol. The Hall–Kier alpha value is -3.63. The van der Waals surface area contributed by atoms with Gasteiger partial charge in [0.2, 0.25) is 5.91 Å². The van der Waals surface area contributed by atoms with Crippen molar-refractivity contribution in [2.24, 2.45) is 0 Å². The quantitative estimate of drug-likeness (QED) is 0.386. The topological polar surface area (TPSA) is 97.8 Å². The van der Waals surface area contributed by atoms with Gasteiger partial charge in [0.15, 0.2) is 0 Å². The number of hydrogen-bond acceptors (Lipinski definition) is 7. The van der Waals surface area contributed by atoms with Crippen LogP contribution in [0.25, 0.3) is 10.1 Å². The van der Waals surface area contributed by atoms with E-state index in [1.165, 1.54) is 31.8 Å². The van der Waals surface area contributed by atoms with Gasteiger partial charge in [0.05, 0.1) is 24.6 Å².